The summed E-state index contributed by atoms with van der Waals surface area (Å²) in [5, 5.41) is 11.9. The second-order valence-corrected chi connectivity index (χ2v) is 10.5. The molecule has 0 amide bonds. The van der Waals surface area contributed by atoms with Crippen LogP contribution in [0.25, 0.3) is 6.08 Å². The van der Waals surface area contributed by atoms with Crippen molar-refractivity contribution < 1.29 is 32.4 Å². The van der Waals surface area contributed by atoms with Crippen molar-refractivity contribution in [2.45, 2.75) is 19.1 Å². The molecule has 212 valence electrons. The minimum atomic E-state index is -5.07. The molecule has 2 aromatic carbocycles. The van der Waals surface area contributed by atoms with E-state index in [4.69, 9.17) is 27.5 Å². The average molecular weight is 671 g/mol. The van der Waals surface area contributed by atoms with Gasteiger partial charge in [-0.3, -0.25) is 19.5 Å². The second-order valence-electron chi connectivity index (χ2n) is 8.22. The van der Waals surface area contributed by atoms with Crippen LogP contribution >= 0.6 is 38.9 Å². The third-order valence-corrected chi connectivity index (χ3v) is 7.45. The molecule has 3 aromatic rings. The number of carbonyl (C=O) groups is 1. The lowest BCUT2D eigenvalue weighted by Crippen LogP contribution is -2.41. The Labute approximate surface area is 246 Å². The van der Waals surface area contributed by atoms with Crippen LogP contribution in [0.3, 0.4) is 0 Å². The Hall–Kier alpha value is -3.93. The Morgan fingerprint density at radius 3 is 2.61 bits per heavy atom. The van der Waals surface area contributed by atoms with Gasteiger partial charge in [0, 0.05) is 11.1 Å². The molecular weight excluding hydrogens is 655 g/mol. The molecule has 1 aromatic heterocycles. The highest BCUT2D eigenvalue weighted by atomic mass is 79.9. The number of nitro groups is 1. The van der Waals surface area contributed by atoms with E-state index in [1.807, 2.05) is 0 Å². The van der Waals surface area contributed by atoms with Crippen LogP contribution < -0.4 is 19.6 Å². The summed E-state index contributed by atoms with van der Waals surface area (Å²) in [6.45, 7) is 0.963. The number of hydrogen-bond acceptors (Lipinski definition) is 8. The second kappa shape index (κ2) is 11.9. The van der Waals surface area contributed by atoms with Crippen molar-refractivity contribution in [3.8, 4) is 18.1 Å². The maximum Gasteiger partial charge on any atom is 0.434 e. The van der Waals surface area contributed by atoms with Crippen LogP contribution in [-0.2, 0) is 9.53 Å². The Balaban J connectivity index is 2.01. The number of esters is 1. The zero-order valence-corrected chi connectivity index (χ0v) is 23.9. The maximum absolute atomic E-state index is 14.2. The molecule has 0 radical (unpaired) electrons. The van der Waals surface area contributed by atoms with E-state index in [0.29, 0.717) is 11.3 Å². The molecule has 1 atom stereocenters. The Kier molecular flexibility index (Phi) is 8.71. The smallest absolute Gasteiger partial charge is 0.434 e. The number of nitro benzene ring substituents is 1. The molecule has 0 unspecified atom stereocenters. The molecule has 0 N–H and O–H groups in total. The van der Waals surface area contributed by atoms with Crippen LogP contribution in [0.15, 0.2) is 61.9 Å². The number of alkyl halides is 3. The van der Waals surface area contributed by atoms with Gasteiger partial charge in [0.1, 0.15) is 6.61 Å². The number of aromatic nitrogens is 1. The van der Waals surface area contributed by atoms with E-state index in [1.54, 1.807) is 0 Å². The summed E-state index contributed by atoms with van der Waals surface area (Å²) in [7, 11) is 0. The molecule has 0 aliphatic carbocycles. The summed E-state index contributed by atoms with van der Waals surface area (Å²) in [5.74, 6) is 0.775. The molecule has 1 aliphatic heterocycles. The van der Waals surface area contributed by atoms with E-state index < -0.39 is 45.6 Å². The highest BCUT2D eigenvalue weighted by Gasteiger charge is 2.45. The molecule has 0 saturated carbocycles. The summed E-state index contributed by atoms with van der Waals surface area (Å²) in [4.78, 5) is 40.8. The van der Waals surface area contributed by atoms with Crippen LogP contribution in [0.2, 0.25) is 5.02 Å². The topological polar surface area (TPSA) is 113 Å². The predicted molar refractivity (Wildman–Crippen MR) is 147 cm³/mol. The molecule has 0 spiro atoms. The van der Waals surface area contributed by atoms with Gasteiger partial charge < -0.3 is 9.47 Å². The number of rotatable bonds is 7. The molecule has 9 nitrogen and oxygen atoms in total. The van der Waals surface area contributed by atoms with Gasteiger partial charge in [0.05, 0.1) is 32.2 Å². The third-order valence-electron chi connectivity index (χ3n) is 5.62. The maximum atomic E-state index is 14.2. The fourth-order valence-electron chi connectivity index (χ4n) is 4.03. The standard InChI is InChI=1S/C26H16BrClF3N3O6S/c1-3-9-40-21-16(27)10-13(11-17(21)34(37)38)12-18-23(35)33-20(14-5-7-15(28)8-6-14)19(24(36)39-4-2)22(26(29,30)31)32-25(33)41-18/h1,5-8,10-12,20H,4,9H2,2H3/b18-12-/t20-/m1/s1. The zero-order chi connectivity index (χ0) is 30.1. The van der Waals surface area contributed by atoms with Crippen LogP contribution in [0.5, 0.6) is 5.75 Å². The minimum absolute atomic E-state index is 0.104. The van der Waals surface area contributed by atoms with Crippen molar-refractivity contribution in [3.63, 3.8) is 0 Å². The fraction of sp³-hybridized carbons (Fsp3) is 0.192. The monoisotopic (exact) mass is 669 g/mol. The van der Waals surface area contributed by atoms with Crippen LogP contribution in [0, 0.1) is 22.5 Å². The van der Waals surface area contributed by atoms with Gasteiger partial charge in [-0.25, -0.2) is 9.79 Å². The number of benzene rings is 2. The largest absolute Gasteiger partial charge is 0.473 e. The number of thiazole rings is 1. The first-order chi connectivity index (χ1) is 19.4. The van der Waals surface area contributed by atoms with Gasteiger partial charge in [0.2, 0.25) is 5.75 Å². The summed E-state index contributed by atoms with van der Waals surface area (Å²) in [5.41, 5.74) is -3.31. The summed E-state index contributed by atoms with van der Waals surface area (Å²) < 4.78 is 53.9. The average Bonchev–Trinajstić information content (AvgIpc) is 3.21. The first-order valence-corrected chi connectivity index (χ1v) is 13.5. The van der Waals surface area contributed by atoms with Crippen LogP contribution in [0.4, 0.5) is 18.9 Å². The number of halogens is 5. The van der Waals surface area contributed by atoms with Gasteiger partial charge in [-0.15, -0.1) is 6.42 Å². The normalized spacial score (nSPS) is 15.1. The number of nitrogens with zero attached hydrogens (tertiary/aromatic N) is 3. The lowest BCUT2D eigenvalue weighted by molar-refractivity contribution is -0.385. The molecule has 0 fully saturated rings. The predicted octanol–water partition coefficient (Wildman–Crippen LogP) is 4.68. The van der Waals surface area contributed by atoms with Gasteiger partial charge in [-0.1, -0.05) is 41.0 Å². The van der Waals surface area contributed by atoms with E-state index in [1.165, 1.54) is 43.3 Å². The summed E-state index contributed by atoms with van der Waals surface area (Å²) in [6.07, 6.45) is 1.36. The fourth-order valence-corrected chi connectivity index (χ4v) is 5.74. The van der Waals surface area contributed by atoms with E-state index in [-0.39, 0.29) is 48.9 Å². The summed E-state index contributed by atoms with van der Waals surface area (Å²) in [6, 6.07) is 6.57. The number of terminal acetylenes is 1. The quantitative estimate of drug-likeness (QED) is 0.156. The Morgan fingerprint density at radius 1 is 1.34 bits per heavy atom. The number of hydrogen-bond donors (Lipinski definition) is 0. The number of fused-ring (bicyclic) bond motifs is 1. The highest BCUT2D eigenvalue weighted by molar-refractivity contribution is 9.10. The molecule has 1 aliphatic rings. The van der Waals surface area contributed by atoms with Crippen molar-refractivity contribution in [3.05, 3.63) is 98.1 Å². The van der Waals surface area contributed by atoms with Gasteiger partial charge in [-0.05, 0) is 58.3 Å². The SMILES string of the molecule is C#CCOc1c(Br)cc(/C=c2\sc3n(c2=O)[C@H](c2ccc(Cl)cc2)C(C(=O)OCC)=C(C(F)(F)F)N=3)cc1[N+](=O)[O-]. The molecular formula is C26H16BrClF3N3O6S. The molecule has 41 heavy (non-hydrogen) atoms. The highest BCUT2D eigenvalue weighted by Crippen LogP contribution is 2.39. The van der Waals surface area contributed by atoms with Crippen LogP contribution in [-0.4, -0.2) is 34.8 Å². The van der Waals surface area contributed by atoms with Gasteiger partial charge >= 0.3 is 17.8 Å². The molecule has 0 saturated heterocycles. The molecule has 2 heterocycles. The van der Waals surface area contributed by atoms with Crippen molar-refractivity contribution in [2.75, 3.05) is 13.2 Å². The number of ether oxygens (including phenoxy) is 2. The van der Waals surface area contributed by atoms with Crippen molar-refractivity contribution in [1.82, 2.24) is 4.57 Å². The van der Waals surface area contributed by atoms with Gasteiger partial charge in [0.25, 0.3) is 5.56 Å². The lowest BCUT2D eigenvalue weighted by Gasteiger charge is -2.26. The number of allylic oxidation sites excluding steroid dienone is 1. The van der Waals surface area contributed by atoms with Crippen molar-refractivity contribution in [2.24, 2.45) is 4.99 Å². The minimum Gasteiger partial charge on any atom is -0.473 e. The van der Waals surface area contributed by atoms with E-state index in [9.17, 15) is 32.9 Å². The molecule has 4 rings (SSSR count). The van der Waals surface area contributed by atoms with Gasteiger partial charge in [0.15, 0.2) is 10.5 Å². The van der Waals surface area contributed by atoms with Crippen molar-refractivity contribution >= 4 is 56.6 Å². The Bertz CT molecular complexity index is 1810. The number of carbonyl (C=O) groups excluding carboxylic acids is 1. The van der Waals surface area contributed by atoms with Crippen LogP contribution in [0.1, 0.15) is 24.1 Å². The van der Waals surface area contributed by atoms with Crippen molar-refractivity contribution in [1.29, 1.82) is 0 Å². The first kappa shape index (κ1) is 30.0. The lowest BCUT2D eigenvalue weighted by atomic mass is 9.95. The Morgan fingerprint density at radius 2 is 2.02 bits per heavy atom. The van der Waals surface area contributed by atoms with E-state index in [2.05, 4.69) is 26.8 Å². The first-order valence-electron chi connectivity index (χ1n) is 11.5. The molecule has 15 heteroatoms. The molecule has 0 bridgehead atoms. The summed E-state index contributed by atoms with van der Waals surface area (Å²) >= 11 is 9.77. The zero-order valence-electron chi connectivity index (χ0n) is 20.7. The van der Waals surface area contributed by atoms with E-state index in [0.717, 1.165) is 10.6 Å². The van der Waals surface area contributed by atoms with E-state index >= 15 is 0 Å². The third kappa shape index (κ3) is 6.07. The van der Waals surface area contributed by atoms with Gasteiger partial charge in [-0.2, -0.15) is 13.2 Å².